The molecule has 36 heavy (non-hydrogen) atoms. The molecule has 2 aromatic heterocycles. The third kappa shape index (κ3) is 3.71. The third-order valence-electron chi connectivity index (χ3n) is 6.57. The Hall–Kier alpha value is -4.15. The van der Waals surface area contributed by atoms with Crippen molar-refractivity contribution in [3.05, 3.63) is 102 Å². The first kappa shape index (κ1) is 23.6. The van der Waals surface area contributed by atoms with Crippen molar-refractivity contribution in [3.63, 3.8) is 0 Å². The predicted octanol–water partition coefficient (Wildman–Crippen LogP) is 3.69. The number of carbonyl (C=O) groups is 1. The highest BCUT2D eigenvalue weighted by Crippen LogP contribution is 2.32. The van der Waals surface area contributed by atoms with Crippen molar-refractivity contribution in [3.8, 4) is 12.3 Å². The van der Waals surface area contributed by atoms with Crippen LogP contribution < -0.4 is 14.9 Å². The van der Waals surface area contributed by atoms with Gasteiger partial charge in [0.25, 0.3) is 5.56 Å². The summed E-state index contributed by atoms with van der Waals surface area (Å²) < 4.78 is 9.37. The highest BCUT2D eigenvalue weighted by atomic mass is 32.1. The first-order chi connectivity index (χ1) is 17.5. The van der Waals surface area contributed by atoms with Gasteiger partial charge in [0.05, 0.1) is 35.5 Å². The number of carbonyl (C=O) groups excluding carboxylic acids is 1. The molecule has 0 aliphatic carbocycles. The Morgan fingerprint density at radius 2 is 1.92 bits per heavy atom. The van der Waals surface area contributed by atoms with Crippen molar-refractivity contribution in [2.45, 2.75) is 32.9 Å². The minimum Gasteiger partial charge on any atom is -0.466 e. The normalized spacial score (nSPS) is 15.5. The van der Waals surface area contributed by atoms with Crippen LogP contribution in [0.25, 0.3) is 17.0 Å². The van der Waals surface area contributed by atoms with Crippen molar-refractivity contribution < 1.29 is 9.53 Å². The molecule has 7 heteroatoms. The molecule has 3 heterocycles. The van der Waals surface area contributed by atoms with Crippen LogP contribution in [0.4, 0.5) is 0 Å². The molecule has 4 aromatic rings. The summed E-state index contributed by atoms with van der Waals surface area (Å²) in [6.07, 6.45) is 8.09. The van der Waals surface area contributed by atoms with Gasteiger partial charge in [-0.3, -0.25) is 9.36 Å². The number of methoxy groups -OCH3 is 1. The van der Waals surface area contributed by atoms with Crippen molar-refractivity contribution in [2.24, 2.45) is 4.99 Å². The first-order valence-electron chi connectivity index (χ1n) is 11.7. The number of allylic oxidation sites excluding steroid dienone is 1. The molecule has 0 bridgehead atoms. The van der Waals surface area contributed by atoms with Gasteiger partial charge in [-0.1, -0.05) is 72.7 Å². The van der Waals surface area contributed by atoms with E-state index in [0.29, 0.717) is 33.6 Å². The molecular weight excluding hydrogens is 470 g/mol. The second kappa shape index (κ2) is 9.48. The van der Waals surface area contributed by atoms with Crippen LogP contribution in [0.5, 0.6) is 0 Å². The number of rotatable bonds is 5. The van der Waals surface area contributed by atoms with E-state index in [2.05, 4.69) is 10.5 Å². The SMILES string of the molecule is C#CCn1c(C)c(/C=c2/sc3n(c2=O)[C@@H](c2ccccc2)C(C(=O)OC)=C(CC)N=3)c2ccccc21. The molecule has 5 rings (SSSR count). The second-order valence-corrected chi connectivity index (χ2v) is 9.51. The van der Waals surface area contributed by atoms with Gasteiger partial charge in [0.1, 0.15) is 0 Å². The molecule has 180 valence electrons. The molecule has 0 amide bonds. The number of esters is 1. The van der Waals surface area contributed by atoms with Crippen LogP contribution in [-0.4, -0.2) is 22.2 Å². The number of nitrogens with zero attached hydrogens (tertiary/aromatic N) is 3. The molecule has 2 aromatic carbocycles. The maximum Gasteiger partial charge on any atom is 0.338 e. The summed E-state index contributed by atoms with van der Waals surface area (Å²) in [4.78, 5) is 32.1. The quantitative estimate of drug-likeness (QED) is 0.313. The Balaban J connectivity index is 1.80. The number of terminal acetylenes is 1. The summed E-state index contributed by atoms with van der Waals surface area (Å²) in [5.41, 5.74) is 4.62. The lowest BCUT2D eigenvalue weighted by Crippen LogP contribution is -2.40. The molecule has 0 N–H and O–H groups in total. The highest BCUT2D eigenvalue weighted by Gasteiger charge is 2.33. The Bertz CT molecular complexity index is 1750. The average Bonchev–Trinajstić information content (AvgIpc) is 3.36. The van der Waals surface area contributed by atoms with Gasteiger partial charge in [0.2, 0.25) is 0 Å². The second-order valence-electron chi connectivity index (χ2n) is 8.51. The standard InChI is InChI=1S/C29H25N3O3S/c1-5-16-31-18(3)21(20-14-10-11-15-23(20)31)17-24-27(33)32-26(19-12-8-7-9-13-19)25(28(34)35-4)22(6-2)30-29(32)36-24/h1,7-15,17,26H,6,16H2,2-4H3/b24-17+/t26-/m0/s1. The van der Waals surface area contributed by atoms with Gasteiger partial charge in [-0.15, -0.1) is 6.42 Å². The minimum atomic E-state index is -0.615. The number of ether oxygens (including phenoxy) is 1. The van der Waals surface area contributed by atoms with Crippen LogP contribution >= 0.6 is 11.3 Å². The van der Waals surface area contributed by atoms with E-state index < -0.39 is 12.0 Å². The summed E-state index contributed by atoms with van der Waals surface area (Å²) in [5.74, 6) is 2.24. The topological polar surface area (TPSA) is 65.6 Å². The van der Waals surface area contributed by atoms with Gasteiger partial charge in [0.15, 0.2) is 4.80 Å². The molecule has 0 unspecified atom stereocenters. The van der Waals surface area contributed by atoms with E-state index in [1.807, 2.05) is 74.5 Å². The molecule has 1 atom stereocenters. The largest absolute Gasteiger partial charge is 0.466 e. The molecule has 0 radical (unpaired) electrons. The van der Waals surface area contributed by atoms with Crippen LogP contribution in [0.15, 0.2) is 75.7 Å². The van der Waals surface area contributed by atoms with Gasteiger partial charge >= 0.3 is 5.97 Å². The molecule has 0 spiro atoms. The lowest BCUT2D eigenvalue weighted by atomic mass is 9.95. The number of fused-ring (bicyclic) bond motifs is 2. The van der Waals surface area contributed by atoms with E-state index in [9.17, 15) is 9.59 Å². The van der Waals surface area contributed by atoms with Crippen LogP contribution in [-0.2, 0) is 16.1 Å². The summed E-state index contributed by atoms with van der Waals surface area (Å²) >= 11 is 1.33. The monoisotopic (exact) mass is 495 g/mol. The Morgan fingerprint density at radius 3 is 2.61 bits per heavy atom. The molecule has 1 aliphatic heterocycles. The number of hydrogen-bond donors (Lipinski definition) is 0. The molecule has 1 aliphatic rings. The molecule has 0 saturated heterocycles. The van der Waals surface area contributed by atoms with E-state index in [4.69, 9.17) is 16.2 Å². The van der Waals surface area contributed by atoms with Crippen molar-refractivity contribution in [1.29, 1.82) is 0 Å². The predicted molar refractivity (Wildman–Crippen MR) is 142 cm³/mol. The van der Waals surface area contributed by atoms with E-state index >= 15 is 0 Å². The first-order valence-corrected chi connectivity index (χ1v) is 12.5. The zero-order valence-electron chi connectivity index (χ0n) is 20.3. The van der Waals surface area contributed by atoms with E-state index in [-0.39, 0.29) is 5.56 Å². The van der Waals surface area contributed by atoms with Crippen molar-refractivity contribution in [1.82, 2.24) is 9.13 Å². The maximum absolute atomic E-state index is 13.9. The molecule has 0 saturated carbocycles. The van der Waals surface area contributed by atoms with E-state index in [1.54, 1.807) is 4.57 Å². The lowest BCUT2D eigenvalue weighted by molar-refractivity contribution is -0.136. The van der Waals surface area contributed by atoms with E-state index in [0.717, 1.165) is 27.7 Å². The number of benzene rings is 2. The average molecular weight is 496 g/mol. The smallest absolute Gasteiger partial charge is 0.338 e. The lowest BCUT2D eigenvalue weighted by Gasteiger charge is -2.25. The Morgan fingerprint density at radius 1 is 1.19 bits per heavy atom. The number of thiazole rings is 1. The number of hydrogen-bond acceptors (Lipinski definition) is 5. The maximum atomic E-state index is 13.9. The van der Waals surface area contributed by atoms with Crippen LogP contribution in [0, 0.1) is 19.3 Å². The zero-order valence-corrected chi connectivity index (χ0v) is 21.1. The summed E-state index contributed by atoms with van der Waals surface area (Å²) in [6, 6.07) is 17.0. The summed E-state index contributed by atoms with van der Waals surface area (Å²) in [5, 5.41) is 1.03. The fourth-order valence-electron chi connectivity index (χ4n) is 4.88. The van der Waals surface area contributed by atoms with Gasteiger partial charge in [-0.2, -0.15) is 0 Å². The molecule has 6 nitrogen and oxygen atoms in total. The van der Waals surface area contributed by atoms with Gasteiger partial charge < -0.3 is 9.30 Å². The Kier molecular flexibility index (Phi) is 6.21. The fourth-order valence-corrected chi connectivity index (χ4v) is 5.88. The number of para-hydroxylation sites is 1. The summed E-state index contributed by atoms with van der Waals surface area (Å²) in [7, 11) is 1.35. The number of aromatic nitrogens is 2. The summed E-state index contributed by atoms with van der Waals surface area (Å²) in [6.45, 7) is 4.40. The van der Waals surface area contributed by atoms with Gasteiger partial charge in [0, 0.05) is 22.2 Å². The van der Waals surface area contributed by atoms with Crippen LogP contribution in [0.2, 0.25) is 0 Å². The van der Waals surface area contributed by atoms with Crippen molar-refractivity contribution >= 4 is 34.3 Å². The third-order valence-corrected chi connectivity index (χ3v) is 7.55. The fraction of sp³-hybridized carbons (Fsp3) is 0.207. The zero-order chi connectivity index (χ0) is 25.4. The van der Waals surface area contributed by atoms with E-state index in [1.165, 1.54) is 18.4 Å². The molecule has 0 fully saturated rings. The van der Waals surface area contributed by atoms with Crippen LogP contribution in [0.3, 0.4) is 0 Å². The molecular formula is C29H25N3O3S. The van der Waals surface area contributed by atoms with Crippen molar-refractivity contribution in [2.75, 3.05) is 7.11 Å². The Labute approximate surface area is 212 Å². The van der Waals surface area contributed by atoms with Gasteiger partial charge in [-0.25, -0.2) is 9.79 Å². The van der Waals surface area contributed by atoms with Gasteiger partial charge in [-0.05, 0) is 31.1 Å². The highest BCUT2D eigenvalue weighted by molar-refractivity contribution is 7.07. The van der Waals surface area contributed by atoms with Crippen LogP contribution in [0.1, 0.15) is 36.2 Å². The minimum absolute atomic E-state index is 0.197.